The topological polar surface area (TPSA) is 90.0 Å². The third-order valence-electron chi connectivity index (χ3n) is 4.93. The fourth-order valence-electron chi connectivity index (χ4n) is 3.01. The van der Waals surface area contributed by atoms with Crippen LogP contribution in [0.15, 0.2) is 29.8 Å². The van der Waals surface area contributed by atoms with Crippen LogP contribution in [0.1, 0.15) is 11.1 Å². The van der Waals surface area contributed by atoms with Gasteiger partial charge in [0, 0.05) is 14.1 Å². The number of thiocarbonyl (C=S) groups is 2. The summed E-state index contributed by atoms with van der Waals surface area (Å²) in [5, 5.41) is 2.45. The molecule has 1 N–H and O–H groups in total. The molecule has 29 heavy (non-hydrogen) atoms. The number of anilines is 1. The summed E-state index contributed by atoms with van der Waals surface area (Å²) in [5.74, 6) is -4.09. The van der Waals surface area contributed by atoms with E-state index in [9.17, 15) is 19.2 Å². The van der Waals surface area contributed by atoms with Crippen LogP contribution in [0.3, 0.4) is 0 Å². The van der Waals surface area contributed by atoms with E-state index in [1.165, 1.54) is 19.0 Å². The second-order valence-corrected chi connectivity index (χ2v) is 7.56. The van der Waals surface area contributed by atoms with Gasteiger partial charge in [-0.2, -0.15) is 0 Å². The summed E-state index contributed by atoms with van der Waals surface area (Å²) in [6.45, 7) is 3.82. The van der Waals surface area contributed by atoms with Gasteiger partial charge in [-0.05, 0) is 67.6 Å². The Hall–Kier alpha value is -2.98. The third kappa shape index (κ3) is 3.45. The van der Waals surface area contributed by atoms with Crippen LogP contribution in [-0.2, 0) is 19.2 Å². The fraction of sp³-hybridized carbons (Fsp3) is 0.263. The van der Waals surface area contributed by atoms with Crippen molar-refractivity contribution in [1.82, 2.24) is 15.1 Å². The quantitative estimate of drug-likeness (QED) is 0.323. The van der Waals surface area contributed by atoms with Crippen molar-refractivity contribution in [1.29, 1.82) is 0 Å². The fourth-order valence-corrected chi connectivity index (χ4v) is 3.47. The summed E-state index contributed by atoms with van der Waals surface area (Å²) in [4.78, 5) is 54.0. The molecule has 0 unspecified atom stereocenters. The summed E-state index contributed by atoms with van der Waals surface area (Å²) in [6.07, 6.45) is 1.08. The van der Waals surface area contributed by atoms with E-state index in [2.05, 4.69) is 5.32 Å². The molecule has 3 rings (SSSR count). The van der Waals surface area contributed by atoms with E-state index in [1.54, 1.807) is 12.1 Å². The molecule has 0 saturated carbocycles. The molecule has 1 atom stereocenters. The van der Waals surface area contributed by atoms with Crippen molar-refractivity contribution in [2.45, 2.75) is 13.8 Å². The molecule has 2 fully saturated rings. The number of nitrogens with one attached hydrogen (secondary N) is 1. The minimum atomic E-state index is -1.39. The van der Waals surface area contributed by atoms with Gasteiger partial charge in [-0.25, -0.2) is 0 Å². The number of carbonyl (C=O) groups is 4. The number of rotatable bonds is 2. The van der Waals surface area contributed by atoms with Crippen LogP contribution in [0.25, 0.3) is 0 Å². The van der Waals surface area contributed by atoms with Crippen molar-refractivity contribution in [3.63, 3.8) is 0 Å². The monoisotopic (exact) mass is 430 g/mol. The lowest BCUT2D eigenvalue weighted by atomic mass is 9.98. The van der Waals surface area contributed by atoms with Crippen LogP contribution in [0, 0.1) is 19.8 Å². The average Bonchev–Trinajstić information content (AvgIpc) is 2.66. The molecular formula is C19H18N4O4S2. The van der Waals surface area contributed by atoms with Crippen LogP contribution < -0.4 is 10.2 Å². The Balaban J connectivity index is 2.02. The molecule has 8 nitrogen and oxygen atoms in total. The zero-order chi connectivity index (χ0) is 21.6. The average molecular weight is 431 g/mol. The highest BCUT2D eigenvalue weighted by Gasteiger charge is 2.42. The van der Waals surface area contributed by atoms with Crippen molar-refractivity contribution in [2.24, 2.45) is 5.92 Å². The second-order valence-electron chi connectivity index (χ2n) is 6.81. The van der Waals surface area contributed by atoms with Gasteiger partial charge < -0.3 is 5.32 Å². The minimum Gasteiger partial charge on any atom is -0.301 e. The molecule has 0 aliphatic carbocycles. The number of nitrogens with zero attached hydrogens (tertiary/aromatic N) is 3. The van der Waals surface area contributed by atoms with E-state index in [-0.39, 0.29) is 15.8 Å². The highest BCUT2D eigenvalue weighted by atomic mass is 32.1. The van der Waals surface area contributed by atoms with E-state index in [4.69, 9.17) is 24.4 Å². The minimum absolute atomic E-state index is 0.0366. The molecule has 1 aromatic rings. The molecular weight excluding hydrogens is 412 g/mol. The summed E-state index contributed by atoms with van der Waals surface area (Å²) in [7, 11) is 2.83. The van der Waals surface area contributed by atoms with Crippen LogP contribution in [0.4, 0.5) is 5.69 Å². The van der Waals surface area contributed by atoms with Crippen molar-refractivity contribution in [3.8, 4) is 0 Å². The van der Waals surface area contributed by atoms with E-state index in [0.717, 1.165) is 27.0 Å². The first-order valence-electron chi connectivity index (χ1n) is 8.62. The van der Waals surface area contributed by atoms with E-state index < -0.39 is 29.5 Å². The number of benzene rings is 1. The molecule has 10 heteroatoms. The maximum Gasteiger partial charge on any atom is 0.265 e. The lowest BCUT2D eigenvalue weighted by molar-refractivity contribution is -0.132. The van der Waals surface area contributed by atoms with Crippen LogP contribution >= 0.6 is 24.4 Å². The van der Waals surface area contributed by atoms with Crippen LogP contribution in [0.2, 0.25) is 0 Å². The Labute approximate surface area is 178 Å². The Kier molecular flexibility index (Phi) is 5.33. The number of carbonyl (C=O) groups excluding carboxylic acids is 4. The van der Waals surface area contributed by atoms with Gasteiger partial charge in [-0.1, -0.05) is 6.07 Å². The van der Waals surface area contributed by atoms with Gasteiger partial charge in [0.25, 0.3) is 11.8 Å². The number of aryl methyl sites for hydroxylation is 2. The summed E-state index contributed by atoms with van der Waals surface area (Å²) >= 11 is 10.2. The summed E-state index contributed by atoms with van der Waals surface area (Å²) < 4.78 is 0. The van der Waals surface area contributed by atoms with Gasteiger partial charge in [-0.3, -0.25) is 33.9 Å². The van der Waals surface area contributed by atoms with Gasteiger partial charge in [0.15, 0.2) is 10.2 Å². The second kappa shape index (κ2) is 7.45. The molecule has 150 valence electrons. The van der Waals surface area contributed by atoms with Crippen molar-refractivity contribution < 1.29 is 19.2 Å². The maximum atomic E-state index is 13.1. The molecule has 2 aliphatic heterocycles. The largest absolute Gasteiger partial charge is 0.301 e. The zero-order valence-corrected chi connectivity index (χ0v) is 17.8. The van der Waals surface area contributed by atoms with Gasteiger partial charge in [0.2, 0.25) is 11.8 Å². The summed E-state index contributed by atoms with van der Waals surface area (Å²) in [5.41, 5.74) is 2.17. The van der Waals surface area contributed by atoms with Crippen LogP contribution in [0.5, 0.6) is 0 Å². The van der Waals surface area contributed by atoms with Gasteiger partial charge >= 0.3 is 0 Å². The molecule has 2 saturated heterocycles. The molecule has 0 radical (unpaired) electrons. The normalized spacial score (nSPS) is 20.5. The molecule has 2 aliphatic rings. The first-order chi connectivity index (χ1) is 13.5. The molecule has 1 aromatic carbocycles. The Morgan fingerprint density at radius 1 is 0.966 bits per heavy atom. The predicted octanol–water partition coefficient (Wildman–Crippen LogP) is 0.809. The lowest BCUT2D eigenvalue weighted by Gasteiger charge is -2.34. The molecule has 2 heterocycles. The molecule has 0 aromatic heterocycles. The number of amides is 4. The maximum absolute atomic E-state index is 13.1. The SMILES string of the molecule is Cc1ccc(N2C(=O)[C@@H](C=C3C(=O)N(C)C(=S)N(C)C3=O)C(=O)NC2=S)cc1C. The molecule has 0 spiro atoms. The molecule has 4 amide bonds. The van der Waals surface area contributed by atoms with E-state index in [1.807, 2.05) is 19.9 Å². The van der Waals surface area contributed by atoms with Gasteiger partial charge in [-0.15, -0.1) is 0 Å². The van der Waals surface area contributed by atoms with Gasteiger partial charge in [0.05, 0.1) is 5.69 Å². The highest BCUT2D eigenvalue weighted by molar-refractivity contribution is 7.80. The van der Waals surface area contributed by atoms with Crippen molar-refractivity contribution in [2.75, 3.05) is 19.0 Å². The Morgan fingerprint density at radius 2 is 1.55 bits per heavy atom. The Morgan fingerprint density at radius 3 is 2.10 bits per heavy atom. The van der Waals surface area contributed by atoms with Gasteiger partial charge in [0.1, 0.15) is 11.5 Å². The van der Waals surface area contributed by atoms with Crippen molar-refractivity contribution >= 4 is 64.0 Å². The first-order valence-corrected chi connectivity index (χ1v) is 9.44. The highest BCUT2D eigenvalue weighted by Crippen LogP contribution is 2.25. The predicted molar refractivity (Wildman–Crippen MR) is 114 cm³/mol. The third-order valence-corrected chi connectivity index (χ3v) is 5.76. The standard InChI is InChI=1S/C19H18N4O4S2/c1-9-5-6-11(7-10(9)2)23-17(27)12(14(24)20-18(23)28)8-13-15(25)21(3)19(29)22(4)16(13)26/h5-8,12H,1-4H3,(H,20,24,28)/t12-/m0/s1. The first kappa shape index (κ1) is 20.7. The number of hydrogen-bond acceptors (Lipinski definition) is 6. The van der Waals surface area contributed by atoms with Crippen LogP contribution in [-0.4, -0.2) is 57.7 Å². The summed E-state index contributed by atoms with van der Waals surface area (Å²) in [6, 6.07) is 5.33. The number of likely N-dealkylation sites (N-methyl/N-ethyl adjacent to an activating group) is 2. The molecule has 0 bridgehead atoms. The lowest BCUT2D eigenvalue weighted by Crippen LogP contribution is -2.58. The Bertz CT molecular complexity index is 1010. The number of hydrogen-bond donors (Lipinski definition) is 1. The zero-order valence-electron chi connectivity index (χ0n) is 16.2. The smallest absolute Gasteiger partial charge is 0.265 e. The van der Waals surface area contributed by atoms with E-state index in [0.29, 0.717) is 5.69 Å². The van der Waals surface area contributed by atoms with Crippen molar-refractivity contribution in [3.05, 3.63) is 41.0 Å². The van der Waals surface area contributed by atoms with E-state index >= 15 is 0 Å².